The Balaban J connectivity index is 1.60. The van der Waals surface area contributed by atoms with Crippen LogP contribution in [0.4, 0.5) is 0 Å². The van der Waals surface area contributed by atoms with Crippen LogP contribution in [0.5, 0.6) is 0 Å². The van der Waals surface area contributed by atoms with E-state index >= 15 is 0 Å². The van der Waals surface area contributed by atoms with Gasteiger partial charge in [0.1, 0.15) is 0 Å². The lowest BCUT2D eigenvalue weighted by Gasteiger charge is -2.45. The molecule has 0 unspecified atom stereocenters. The van der Waals surface area contributed by atoms with E-state index in [-0.39, 0.29) is 12.0 Å². The van der Waals surface area contributed by atoms with Crippen LogP contribution in [0.15, 0.2) is 6.20 Å². The van der Waals surface area contributed by atoms with Gasteiger partial charge in [-0.2, -0.15) is 5.10 Å². The number of aliphatic hydroxyl groups excluding tert-OH is 1. The molecule has 2 fully saturated rings. The molecule has 5 nitrogen and oxygen atoms in total. The Labute approximate surface area is 145 Å². The summed E-state index contributed by atoms with van der Waals surface area (Å²) in [6.45, 7) is 6.74. The topological polar surface area (TPSA) is 58.4 Å². The number of aromatic nitrogens is 2. The number of likely N-dealkylation sites (tertiary alicyclic amines) is 1. The fraction of sp³-hybridized carbons (Fsp3) is 0.789. The largest absolute Gasteiger partial charge is 0.393 e. The van der Waals surface area contributed by atoms with Crippen molar-refractivity contribution >= 4 is 5.91 Å². The Morgan fingerprint density at radius 1 is 1.29 bits per heavy atom. The zero-order valence-electron chi connectivity index (χ0n) is 15.1. The summed E-state index contributed by atoms with van der Waals surface area (Å²) in [6, 6.07) is 0. The number of aryl methyl sites for hydroxylation is 1. The van der Waals surface area contributed by atoms with E-state index in [2.05, 4.69) is 12.0 Å². The second-order valence-electron chi connectivity index (χ2n) is 7.74. The van der Waals surface area contributed by atoms with Crippen LogP contribution in [-0.2, 0) is 6.54 Å². The number of carbonyl (C=O) groups excluding carboxylic acids is 1. The molecule has 5 heteroatoms. The number of hydrogen-bond acceptors (Lipinski definition) is 3. The SMILES string of the molecule is CCCCn1ncc(C(=O)N2CCC3(CCC(O)CC3)CC2)c1C. The first kappa shape index (κ1) is 17.5. The number of aliphatic hydroxyl groups is 1. The molecule has 2 heterocycles. The summed E-state index contributed by atoms with van der Waals surface area (Å²) in [5.74, 6) is 0.140. The van der Waals surface area contributed by atoms with Crippen LogP contribution in [0, 0.1) is 12.3 Å². The maximum Gasteiger partial charge on any atom is 0.257 e. The van der Waals surface area contributed by atoms with Gasteiger partial charge in [-0.15, -0.1) is 0 Å². The van der Waals surface area contributed by atoms with Crippen molar-refractivity contribution in [3.05, 3.63) is 17.5 Å². The highest BCUT2D eigenvalue weighted by atomic mass is 16.3. The van der Waals surface area contributed by atoms with Crippen LogP contribution in [0.25, 0.3) is 0 Å². The Kier molecular flexibility index (Phi) is 5.28. The highest BCUT2D eigenvalue weighted by Crippen LogP contribution is 2.44. The minimum atomic E-state index is -0.105. The van der Waals surface area contributed by atoms with E-state index in [0.717, 1.165) is 82.3 Å². The van der Waals surface area contributed by atoms with Crippen molar-refractivity contribution < 1.29 is 9.90 Å². The van der Waals surface area contributed by atoms with Gasteiger partial charge < -0.3 is 10.0 Å². The Bertz CT molecular complexity index is 563. The highest BCUT2D eigenvalue weighted by Gasteiger charge is 2.39. The van der Waals surface area contributed by atoms with Crippen LogP contribution >= 0.6 is 0 Å². The number of piperidine rings is 1. The van der Waals surface area contributed by atoms with Gasteiger partial charge in [-0.05, 0) is 57.3 Å². The van der Waals surface area contributed by atoms with Crippen molar-refractivity contribution in [2.75, 3.05) is 13.1 Å². The van der Waals surface area contributed by atoms with Crippen molar-refractivity contribution in [2.45, 2.75) is 77.9 Å². The number of rotatable bonds is 4. The molecular formula is C19H31N3O2. The van der Waals surface area contributed by atoms with Gasteiger partial charge >= 0.3 is 0 Å². The Hall–Kier alpha value is -1.36. The van der Waals surface area contributed by atoms with Crippen molar-refractivity contribution in [1.82, 2.24) is 14.7 Å². The molecule has 1 aromatic rings. The summed E-state index contributed by atoms with van der Waals surface area (Å²) in [7, 11) is 0. The molecule has 134 valence electrons. The lowest BCUT2D eigenvalue weighted by Crippen LogP contribution is -2.45. The lowest BCUT2D eigenvalue weighted by atomic mass is 9.67. The number of carbonyl (C=O) groups is 1. The van der Waals surface area contributed by atoms with Crippen LogP contribution in [-0.4, -0.2) is 44.9 Å². The fourth-order valence-electron chi connectivity index (χ4n) is 4.26. The molecule has 0 radical (unpaired) electrons. The molecule has 1 amide bonds. The summed E-state index contributed by atoms with van der Waals surface area (Å²) in [6.07, 6.45) is 10.1. The van der Waals surface area contributed by atoms with Crippen molar-refractivity contribution in [3.63, 3.8) is 0 Å². The Morgan fingerprint density at radius 3 is 2.58 bits per heavy atom. The normalized spacial score (nSPS) is 21.4. The maximum absolute atomic E-state index is 12.9. The molecule has 0 atom stereocenters. The molecule has 1 saturated carbocycles. The van der Waals surface area contributed by atoms with Gasteiger partial charge in [-0.1, -0.05) is 13.3 Å². The monoisotopic (exact) mass is 333 g/mol. The minimum Gasteiger partial charge on any atom is -0.393 e. The number of unbranched alkanes of at least 4 members (excludes halogenated alkanes) is 1. The summed E-state index contributed by atoms with van der Waals surface area (Å²) in [5.41, 5.74) is 2.13. The molecule has 0 aromatic carbocycles. The third-order valence-electron chi connectivity index (χ3n) is 6.18. The highest BCUT2D eigenvalue weighted by molar-refractivity contribution is 5.95. The van der Waals surface area contributed by atoms with Crippen molar-refractivity contribution in [3.8, 4) is 0 Å². The predicted molar refractivity (Wildman–Crippen MR) is 93.9 cm³/mol. The summed E-state index contributed by atoms with van der Waals surface area (Å²) >= 11 is 0. The zero-order valence-corrected chi connectivity index (χ0v) is 15.1. The quantitative estimate of drug-likeness (QED) is 0.921. The minimum absolute atomic E-state index is 0.105. The van der Waals surface area contributed by atoms with E-state index in [1.807, 2.05) is 16.5 Å². The van der Waals surface area contributed by atoms with E-state index < -0.39 is 0 Å². The van der Waals surface area contributed by atoms with Gasteiger partial charge in [0, 0.05) is 25.3 Å². The van der Waals surface area contributed by atoms with Gasteiger partial charge in [0.25, 0.3) is 5.91 Å². The number of nitrogens with zero attached hydrogens (tertiary/aromatic N) is 3. The molecule has 1 aliphatic carbocycles. The molecule has 24 heavy (non-hydrogen) atoms. The summed E-state index contributed by atoms with van der Waals surface area (Å²) in [4.78, 5) is 14.9. The standard InChI is InChI=1S/C19H31N3O2/c1-3-4-11-22-15(2)17(14-20-22)18(24)21-12-9-19(10-13-21)7-5-16(23)6-8-19/h14,16,23H,3-13H2,1-2H3. The maximum atomic E-state index is 12.9. The van der Waals surface area contributed by atoms with Gasteiger partial charge in [0.2, 0.25) is 0 Å². The third-order valence-corrected chi connectivity index (χ3v) is 6.18. The van der Waals surface area contributed by atoms with E-state index in [0.29, 0.717) is 5.41 Å². The fourth-order valence-corrected chi connectivity index (χ4v) is 4.26. The molecule has 1 N–H and O–H groups in total. The zero-order chi connectivity index (χ0) is 17.2. The average Bonchev–Trinajstić information content (AvgIpc) is 2.97. The predicted octanol–water partition coefficient (Wildman–Crippen LogP) is 3.15. The average molecular weight is 333 g/mol. The molecule has 1 spiro atoms. The van der Waals surface area contributed by atoms with Crippen LogP contribution in [0.2, 0.25) is 0 Å². The van der Waals surface area contributed by atoms with E-state index in [9.17, 15) is 9.90 Å². The Morgan fingerprint density at radius 2 is 1.96 bits per heavy atom. The summed E-state index contributed by atoms with van der Waals surface area (Å²) in [5, 5.41) is 14.1. The molecule has 1 aromatic heterocycles. The molecule has 1 saturated heterocycles. The second kappa shape index (κ2) is 7.26. The van der Waals surface area contributed by atoms with Gasteiger partial charge in [-0.25, -0.2) is 0 Å². The third kappa shape index (κ3) is 3.51. The lowest BCUT2D eigenvalue weighted by molar-refractivity contribution is 0.0168. The molecular weight excluding hydrogens is 302 g/mol. The smallest absolute Gasteiger partial charge is 0.257 e. The van der Waals surface area contributed by atoms with E-state index in [1.54, 1.807) is 6.20 Å². The summed E-state index contributed by atoms with van der Waals surface area (Å²) < 4.78 is 1.96. The molecule has 2 aliphatic rings. The van der Waals surface area contributed by atoms with E-state index in [1.165, 1.54) is 0 Å². The molecule has 3 rings (SSSR count). The van der Waals surface area contributed by atoms with Crippen molar-refractivity contribution in [1.29, 1.82) is 0 Å². The van der Waals surface area contributed by atoms with Gasteiger partial charge in [0.05, 0.1) is 17.9 Å². The van der Waals surface area contributed by atoms with Gasteiger partial charge in [-0.3, -0.25) is 9.48 Å². The van der Waals surface area contributed by atoms with Crippen LogP contribution in [0.3, 0.4) is 0 Å². The molecule has 1 aliphatic heterocycles. The van der Waals surface area contributed by atoms with Crippen LogP contribution < -0.4 is 0 Å². The second-order valence-corrected chi connectivity index (χ2v) is 7.74. The number of amides is 1. The van der Waals surface area contributed by atoms with Crippen LogP contribution in [0.1, 0.15) is 74.3 Å². The molecule has 0 bridgehead atoms. The van der Waals surface area contributed by atoms with E-state index in [4.69, 9.17) is 0 Å². The first-order valence-electron chi connectivity index (χ1n) is 9.54. The van der Waals surface area contributed by atoms with Crippen molar-refractivity contribution in [2.24, 2.45) is 5.41 Å². The van der Waals surface area contributed by atoms with Gasteiger partial charge in [0.15, 0.2) is 0 Å². The first-order valence-corrected chi connectivity index (χ1v) is 9.54. The number of hydrogen-bond donors (Lipinski definition) is 1. The first-order chi connectivity index (χ1) is 11.5.